The minimum absolute atomic E-state index is 0.128. The number of aromatic nitrogens is 1. The molecule has 6 nitrogen and oxygen atoms in total. The zero-order chi connectivity index (χ0) is 21.1. The molecule has 0 unspecified atom stereocenters. The lowest BCUT2D eigenvalue weighted by molar-refractivity contribution is -0.128. The van der Waals surface area contributed by atoms with E-state index in [4.69, 9.17) is 4.74 Å². The molecule has 0 bridgehead atoms. The van der Waals surface area contributed by atoms with Gasteiger partial charge in [0.2, 0.25) is 5.91 Å². The Morgan fingerprint density at radius 1 is 1.23 bits per heavy atom. The van der Waals surface area contributed by atoms with Crippen molar-refractivity contribution in [1.29, 1.82) is 0 Å². The third-order valence-electron chi connectivity index (χ3n) is 6.08. The fourth-order valence-electron chi connectivity index (χ4n) is 4.34. The molecule has 2 aliphatic rings. The quantitative estimate of drug-likeness (QED) is 0.838. The van der Waals surface area contributed by atoms with Gasteiger partial charge in [-0.15, -0.1) is 0 Å². The van der Waals surface area contributed by atoms with Crippen LogP contribution in [0, 0.1) is 11.7 Å². The molecule has 2 fully saturated rings. The van der Waals surface area contributed by atoms with Gasteiger partial charge in [0.1, 0.15) is 17.6 Å². The lowest BCUT2D eigenvalue weighted by atomic mass is 9.83. The zero-order valence-corrected chi connectivity index (χ0v) is 17.0. The molecule has 7 heteroatoms. The van der Waals surface area contributed by atoms with E-state index in [2.05, 4.69) is 17.2 Å². The maximum atomic E-state index is 13.8. The first kappa shape index (κ1) is 20.5. The van der Waals surface area contributed by atoms with Gasteiger partial charge in [0, 0.05) is 11.8 Å². The van der Waals surface area contributed by atoms with Crippen molar-refractivity contribution in [3.05, 3.63) is 65.7 Å². The van der Waals surface area contributed by atoms with Crippen molar-refractivity contribution in [1.82, 2.24) is 15.2 Å². The van der Waals surface area contributed by atoms with Crippen LogP contribution in [-0.2, 0) is 16.1 Å². The third kappa shape index (κ3) is 4.07. The highest BCUT2D eigenvalue weighted by Crippen LogP contribution is 2.43. The number of amides is 2. The van der Waals surface area contributed by atoms with Crippen LogP contribution in [0.1, 0.15) is 48.7 Å². The molecule has 4 rings (SSSR count). The first-order chi connectivity index (χ1) is 14.5. The van der Waals surface area contributed by atoms with E-state index in [0.717, 1.165) is 18.5 Å². The van der Waals surface area contributed by atoms with Crippen molar-refractivity contribution in [3.8, 4) is 0 Å². The van der Waals surface area contributed by atoms with E-state index in [1.54, 1.807) is 17.2 Å². The van der Waals surface area contributed by atoms with Crippen LogP contribution in [0.15, 0.2) is 48.7 Å². The lowest BCUT2D eigenvalue weighted by Gasteiger charge is -2.43. The van der Waals surface area contributed by atoms with Crippen LogP contribution in [-0.4, -0.2) is 40.1 Å². The standard InChI is InChI=1S/C23H26FN3O3/c1-16-8-10-23(11-9-16)27(22(29)17-5-4-6-18(24)13-17)20(15-30-23)21(28)26-14-19-7-2-3-12-25-19/h2-7,12-13,16,20H,8-11,14-15H2,1H3,(H,26,28)/t16?,20-,23?/m1/s1. The summed E-state index contributed by atoms with van der Waals surface area (Å²) in [6.45, 7) is 2.57. The van der Waals surface area contributed by atoms with Crippen molar-refractivity contribution in [2.45, 2.75) is 50.9 Å². The maximum Gasteiger partial charge on any atom is 0.256 e. The molecule has 1 aliphatic heterocycles. The molecule has 2 amide bonds. The van der Waals surface area contributed by atoms with Crippen LogP contribution in [0.25, 0.3) is 0 Å². The van der Waals surface area contributed by atoms with Gasteiger partial charge in [-0.3, -0.25) is 19.5 Å². The molecule has 1 aromatic heterocycles. The first-order valence-corrected chi connectivity index (χ1v) is 10.4. The summed E-state index contributed by atoms with van der Waals surface area (Å²) in [4.78, 5) is 32.2. The number of nitrogens with zero attached hydrogens (tertiary/aromatic N) is 2. The predicted molar refractivity (Wildman–Crippen MR) is 109 cm³/mol. The van der Waals surface area contributed by atoms with Crippen LogP contribution in [0.2, 0.25) is 0 Å². The number of hydrogen-bond donors (Lipinski definition) is 1. The summed E-state index contributed by atoms with van der Waals surface area (Å²) in [5.74, 6) is -0.605. The van der Waals surface area contributed by atoms with Crippen LogP contribution < -0.4 is 5.32 Å². The second kappa shape index (κ2) is 8.52. The Bertz CT molecular complexity index is 913. The van der Waals surface area contributed by atoms with Crippen LogP contribution in [0.3, 0.4) is 0 Å². The Balaban J connectivity index is 1.58. The van der Waals surface area contributed by atoms with Gasteiger partial charge < -0.3 is 10.1 Å². The largest absolute Gasteiger partial charge is 0.353 e. The molecule has 1 aliphatic carbocycles. The van der Waals surface area contributed by atoms with Crippen molar-refractivity contribution in [2.24, 2.45) is 5.92 Å². The van der Waals surface area contributed by atoms with Gasteiger partial charge >= 0.3 is 0 Å². The molecular weight excluding hydrogens is 385 g/mol. The van der Waals surface area contributed by atoms with Crippen LogP contribution >= 0.6 is 0 Å². The van der Waals surface area contributed by atoms with Crippen molar-refractivity contribution >= 4 is 11.8 Å². The molecule has 1 atom stereocenters. The van der Waals surface area contributed by atoms with Gasteiger partial charge in [-0.1, -0.05) is 19.1 Å². The summed E-state index contributed by atoms with van der Waals surface area (Å²) in [5.41, 5.74) is 0.137. The second-order valence-corrected chi connectivity index (χ2v) is 8.18. The Labute approximate surface area is 175 Å². The number of rotatable bonds is 4. The van der Waals surface area contributed by atoms with E-state index < -0.39 is 17.6 Å². The SMILES string of the molecule is CC1CCC2(CC1)OC[C@H](C(=O)NCc1ccccn1)N2C(=O)c1cccc(F)c1. The number of carbonyl (C=O) groups is 2. The highest BCUT2D eigenvalue weighted by Gasteiger charge is 2.53. The van der Waals surface area contributed by atoms with Gasteiger partial charge in [-0.2, -0.15) is 0 Å². The Morgan fingerprint density at radius 2 is 2.03 bits per heavy atom. The summed E-state index contributed by atoms with van der Waals surface area (Å²) < 4.78 is 19.9. The van der Waals surface area contributed by atoms with Crippen LogP contribution in [0.4, 0.5) is 4.39 Å². The molecule has 1 spiro atoms. The topological polar surface area (TPSA) is 71.5 Å². The molecule has 30 heavy (non-hydrogen) atoms. The van der Waals surface area contributed by atoms with E-state index in [9.17, 15) is 14.0 Å². The number of halogens is 1. The average molecular weight is 411 g/mol. The van der Waals surface area contributed by atoms with Crippen molar-refractivity contribution < 1.29 is 18.7 Å². The number of pyridine rings is 1. The minimum atomic E-state index is -0.817. The molecule has 1 saturated carbocycles. The molecular formula is C23H26FN3O3. The molecule has 1 saturated heterocycles. The fourth-order valence-corrected chi connectivity index (χ4v) is 4.34. The smallest absolute Gasteiger partial charge is 0.256 e. The Morgan fingerprint density at radius 3 is 2.73 bits per heavy atom. The van der Waals surface area contributed by atoms with Crippen molar-refractivity contribution in [2.75, 3.05) is 6.61 Å². The fraction of sp³-hybridized carbons (Fsp3) is 0.435. The predicted octanol–water partition coefficient (Wildman–Crippen LogP) is 3.28. The first-order valence-electron chi connectivity index (χ1n) is 10.4. The van der Waals surface area contributed by atoms with Crippen molar-refractivity contribution in [3.63, 3.8) is 0 Å². The Kier molecular flexibility index (Phi) is 5.81. The molecule has 2 heterocycles. The number of benzene rings is 1. The van der Waals surface area contributed by atoms with Gasteiger partial charge in [0.25, 0.3) is 5.91 Å². The molecule has 2 aromatic rings. The van der Waals surface area contributed by atoms with E-state index in [1.807, 2.05) is 18.2 Å². The molecule has 0 radical (unpaired) electrons. The van der Waals surface area contributed by atoms with E-state index >= 15 is 0 Å². The summed E-state index contributed by atoms with van der Waals surface area (Å²) in [7, 11) is 0. The average Bonchev–Trinajstić information content (AvgIpc) is 3.13. The summed E-state index contributed by atoms with van der Waals surface area (Å²) in [6, 6.07) is 10.3. The highest BCUT2D eigenvalue weighted by molar-refractivity contribution is 5.98. The maximum absolute atomic E-state index is 13.8. The number of hydrogen-bond acceptors (Lipinski definition) is 4. The van der Waals surface area contributed by atoms with Gasteiger partial charge in [-0.05, 0) is 61.9 Å². The van der Waals surface area contributed by atoms with Crippen LogP contribution in [0.5, 0.6) is 0 Å². The lowest BCUT2D eigenvalue weighted by Crippen LogP contribution is -2.56. The van der Waals surface area contributed by atoms with Gasteiger partial charge in [0.05, 0.1) is 18.8 Å². The monoisotopic (exact) mass is 411 g/mol. The summed E-state index contributed by atoms with van der Waals surface area (Å²) in [6.07, 6.45) is 4.82. The molecule has 1 N–H and O–H groups in total. The zero-order valence-electron chi connectivity index (χ0n) is 17.0. The van der Waals surface area contributed by atoms with Gasteiger partial charge in [0.15, 0.2) is 0 Å². The number of nitrogens with one attached hydrogen (secondary N) is 1. The third-order valence-corrected chi connectivity index (χ3v) is 6.08. The Hall–Kier alpha value is -2.80. The second-order valence-electron chi connectivity index (χ2n) is 8.18. The minimum Gasteiger partial charge on any atom is -0.353 e. The normalized spacial score (nSPS) is 26.0. The van der Waals surface area contributed by atoms with Gasteiger partial charge in [-0.25, -0.2) is 4.39 Å². The molecule has 1 aromatic carbocycles. The molecule has 158 valence electrons. The van der Waals surface area contributed by atoms with E-state index in [-0.39, 0.29) is 30.5 Å². The highest BCUT2D eigenvalue weighted by atomic mass is 19.1. The summed E-state index contributed by atoms with van der Waals surface area (Å²) >= 11 is 0. The number of ether oxygens (including phenoxy) is 1. The summed E-state index contributed by atoms with van der Waals surface area (Å²) in [5, 5.41) is 2.87. The number of carbonyl (C=O) groups excluding carboxylic acids is 2. The van der Waals surface area contributed by atoms with E-state index in [1.165, 1.54) is 18.2 Å². The van der Waals surface area contributed by atoms with E-state index in [0.29, 0.717) is 18.8 Å².